The molecule has 3 aromatic carbocycles. The predicted molar refractivity (Wildman–Crippen MR) is 104 cm³/mol. The third kappa shape index (κ3) is 4.32. The molecule has 0 aliphatic rings. The molecule has 26 heavy (non-hydrogen) atoms. The Bertz CT molecular complexity index is 958. The highest BCUT2D eigenvalue weighted by Gasteiger charge is 2.19. The summed E-state index contributed by atoms with van der Waals surface area (Å²) in [5.41, 5.74) is 6.57. The number of rotatable bonds is 5. The van der Waals surface area contributed by atoms with Gasteiger partial charge in [-0.25, -0.2) is 4.79 Å². The molecule has 6 heteroatoms. The van der Waals surface area contributed by atoms with E-state index in [2.05, 4.69) is 10.6 Å². The quantitative estimate of drug-likeness (QED) is 0.630. The lowest BCUT2D eigenvalue weighted by atomic mass is 10.0. The Morgan fingerprint density at radius 1 is 0.962 bits per heavy atom. The smallest absolute Gasteiger partial charge is 0.312 e. The van der Waals surface area contributed by atoms with Crippen molar-refractivity contribution in [3.05, 3.63) is 77.3 Å². The first-order valence-electron chi connectivity index (χ1n) is 8.12. The normalized spacial score (nSPS) is 11.7. The van der Waals surface area contributed by atoms with Gasteiger partial charge in [-0.05, 0) is 34.5 Å². The van der Waals surface area contributed by atoms with Gasteiger partial charge in [-0.2, -0.15) is 0 Å². The molecular weight excluding hydrogens is 350 g/mol. The summed E-state index contributed by atoms with van der Waals surface area (Å²) in [5.74, 6) is -0.251. The Morgan fingerprint density at radius 3 is 2.38 bits per heavy atom. The minimum Gasteiger partial charge on any atom is -0.352 e. The van der Waals surface area contributed by atoms with Gasteiger partial charge in [0.05, 0.1) is 12.5 Å². The van der Waals surface area contributed by atoms with Crippen LogP contribution in [0.4, 0.5) is 10.5 Å². The van der Waals surface area contributed by atoms with Gasteiger partial charge in [-0.1, -0.05) is 60.1 Å². The number of carbonyl (C=O) groups excluding carboxylic acids is 2. The first kappa shape index (κ1) is 17.8. The number of primary amides is 1. The van der Waals surface area contributed by atoms with Crippen molar-refractivity contribution in [1.29, 1.82) is 0 Å². The number of fused-ring (bicyclic) bond motifs is 1. The van der Waals surface area contributed by atoms with Crippen LogP contribution in [0.2, 0.25) is 5.02 Å². The fourth-order valence-corrected chi connectivity index (χ4v) is 3.10. The molecule has 1 atom stereocenters. The lowest BCUT2D eigenvalue weighted by molar-refractivity contribution is -0.116. The zero-order chi connectivity index (χ0) is 18.5. The molecule has 0 saturated heterocycles. The van der Waals surface area contributed by atoms with E-state index in [4.69, 9.17) is 17.3 Å². The van der Waals surface area contributed by atoms with Crippen LogP contribution in [0.5, 0.6) is 0 Å². The van der Waals surface area contributed by atoms with E-state index >= 15 is 0 Å². The number of hydrogen-bond acceptors (Lipinski definition) is 2. The van der Waals surface area contributed by atoms with Crippen molar-refractivity contribution in [3.8, 4) is 0 Å². The van der Waals surface area contributed by atoms with E-state index in [0.717, 1.165) is 10.8 Å². The molecule has 0 spiro atoms. The number of hydrogen-bond donors (Lipinski definition) is 3. The van der Waals surface area contributed by atoms with Gasteiger partial charge in [0.25, 0.3) is 0 Å². The molecule has 0 aliphatic heterocycles. The summed E-state index contributed by atoms with van der Waals surface area (Å²) in [4.78, 5) is 23.8. The van der Waals surface area contributed by atoms with E-state index in [1.165, 1.54) is 0 Å². The fraction of sp³-hybridized carbons (Fsp3) is 0.100. The van der Waals surface area contributed by atoms with Gasteiger partial charge in [-0.3, -0.25) is 4.79 Å². The molecule has 0 fully saturated rings. The van der Waals surface area contributed by atoms with Crippen molar-refractivity contribution < 1.29 is 9.59 Å². The summed E-state index contributed by atoms with van der Waals surface area (Å²) < 4.78 is 0. The lowest BCUT2D eigenvalue weighted by Gasteiger charge is -2.19. The average Bonchev–Trinajstić information content (AvgIpc) is 2.61. The summed E-state index contributed by atoms with van der Waals surface area (Å²) in [5, 5.41) is 8.02. The zero-order valence-electron chi connectivity index (χ0n) is 13.9. The predicted octanol–water partition coefficient (Wildman–Crippen LogP) is 4.23. The summed E-state index contributed by atoms with van der Waals surface area (Å²) >= 11 is 6.19. The Balaban J connectivity index is 1.76. The Kier molecular flexibility index (Phi) is 5.39. The second-order valence-corrected chi connectivity index (χ2v) is 6.30. The largest absolute Gasteiger partial charge is 0.352 e. The summed E-state index contributed by atoms with van der Waals surface area (Å²) in [6.07, 6.45) is 0.0134. The van der Waals surface area contributed by atoms with Gasteiger partial charge >= 0.3 is 6.03 Å². The number of halogens is 1. The number of urea groups is 1. The van der Waals surface area contributed by atoms with Crippen LogP contribution < -0.4 is 16.4 Å². The molecule has 0 aromatic heterocycles. The minimum absolute atomic E-state index is 0.0134. The van der Waals surface area contributed by atoms with Crippen molar-refractivity contribution in [3.63, 3.8) is 0 Å². The number of benzene rings is 3. The lowest BCUT2D eigenvalue weighted by Crippen LogP contribution is -2.35. The molecule has 3 aromatic rings. The highest BCUT2D eigenvalue weighted by Crippen LogP contribution is 2.26. The van der Waals surface area contributed by atoms with Crippen molar-refractivity contribution >= 4 is 40.0 Å². The molecule has 3 rings (SSSR count). The number of amides is 3. The van der Waals surface area contributed by atoms with Gasteiger partial charge < -0.3 is 16.4 Å². The number of anilines is 1. The van der Waals surface area contributed by atoms with E-state index in [0.29, 0.717) is 16.3 Å². The van der Waals surface area contributed by atoms with Crippen molar-refractivity contribution in [2.45, 2.75) is 12.5 Å². The van der Waals surface area contributed by atoms with Crippen LogP contribution in [0, 0.1) is 0 Å². The number of nitrogens with two attached hydrogens (primary N) is 1. The molecule has 132 valence electrons. The van der Waals surface area contributed by atoms with E-state index in [1.54, 1.807) is 24.3 Å². The second-order valence-electron chi connectivity index (χ2n) is 5.90. The zero-order valence-corrected chi connectivity index (χ0v) is 14.7. The summed E-state index contributed by atoms with van der Waals surface area (Å²) in [7, 11) is 0. The van der Waals surface area contributed by atoms with Crippen LogP contribution in [0.25, 0.3) is 10.8 Å². The maximum atomic E-state index is 12.5. The Morgan fingerprint density at radius 2 is 1.65 bits per heavy atom. The van der Waals surface area contributed by atoms with Gasteiger partial charge in [-0.15, -0.1) is 0 Å². The van der Waals surface area contributed by atoms with Crippen LogP contribution in [0.1, 0.15) is 18.0 Å². The molecule has 0 saturated carbocycles. The first-order valence-corrected chi connectivity index (χ1v) is 8.50. The molecule has 0 radical (unpaired) electrons. The molecular formula is C20H18ClN3O2. The molecule has 0 heterocycles. The standard InChI is InChI=1S/C20H18ClN3O2/c21-17-8-4-3-7-16(17)18(24-20(22)26)12-19(25)23-15-10-9-13-5-1-2-6-14(13)11-15/h1-11,18H,12H2,(H,23,25)(H3,22,24,26). The van der Waals surface area contributed by atoms with E-state index in [9.17, 15) is 9.59 Å². The van der Waals surface area contributed by atoms with Crippen molar-refractivity contribution in [2.24, 2.45) is 5.73 Å². The third-order valence-electron chi connectivity index (χ3n) is 4.02. The molecule has 0 aliphatic carbocycles. The third-order valence-corrected chi connectivity index (χ3v) is 4.36. The van der Waals surface area contributed by atoms with Crippen LogP contribution >= 0.6 is 11.6 Å². The van der Waals surface area contributed by atoms with E-state index < -0.39 is 12.1 Å². The summed E-state index contributed by atoms with van der Waals surface area (Å²) in [6, 6.07) is 19.3. The van der Waals surface area contributed by atoms with Gasteiger partial charge in [0.2, 0.25) is 5.91 Å². The molecule has 0 bridgehead atoms. The van der Waals surface area contributed by atoms with E-state index in [1.807, 2.05) is 42.5 Å². The molecule has 3 amide bonds. The molecule has 4 N–H and O–H groups in total. The van der Waals surface area contributed by atoms with Crippen LogP contribution in [-0.2, 0) is 4.79 Å². The van der Waals surface area contributed by atoms with Gasteiger partial charge in [0.1, 0.15) is 0 Å². The van der Waals surface area contributed by atoms with Gasteiger partial charge in [0.15, 0.2) is 0 Å². The minimum atomic E-state index is -0.714. The van der Waals surface area contributed by atoms with Crippen LogP contribution in [0.15, 0.2) is 66.7 Å². The fourth-order valence-electron chi connectivity index (χ4n) is 2.83. The van der Waals surface area contributed by atoms with E-state index in [-0.39, 0.29) is 12.3 Å². The monoisotopic (exact) mass is 367 g/mol. The number of carbonyl (C=O) groups is 2. The maximum absolute atomic E-state index is 12.5. The first-order chi connectivity index (χ1) is 12.5. The van der Waals surface area contributed by atoms with Gasteiger partial charge in [0, 0.05) is 10.7 Å². The summed E-state index contributed by atoms with van der Waals surface area (Å²) in [6.45, 7) is 0. The van der Waals surface area contributed by atoms with Crippen LogP contribution in [-0.4, -0.2) is 11.9 Å². The second kappa shape index (κ2) is 7.89. The highest BCUT2D eigenvalue weighted by molar-refractivity contribution is 6.31. The number of nitrogens with one attached hydrogen (secondary N) is 2. The Hall–Kier alpha value is -3.05. The molecule has 5 nitrogen and oxygen atoms in total. The average molecular weight is 368 g/mol. The highest BCUT2D eigenvalue weighted by atomic mass is 35.5. The maximum Gasteiger partial charge on any atom is 0.312 e. The van der Waals surface area contributed by atoms with Crippen LogP contribution in [0.3, 0.4) is 0 Å². The SMILES string of the molecule is NC(=O)NC(CC(=O)Nc1ccc2ccccc2c1)c1ccccc1Cl. The van der Waals surface area contributed by atoms with Crippen molar-refractivity contribution in [1.82, 2.24) is 5.32 Å². The Labute approximate surface area is 156 Å². The topological polar surface area (TPSA) is 84.2 Å². The molecule has 1 unspecified atom stereocenters. The van der Waals surface area contributed by atoms with Crippen molar-refractivity contribution in [2.75, 3.05) is 5.32 Å².